The average Bonchev–Trinajstić information content (AvgIpc) is 3.02. The van der Waals surface area contributed by atoms with Gasteiger partial charge in [0.2, 0.25) is 0 Å². The smallest absolute Gasteiger partial charge is 0.126 e. The molecule has 0 radical (unpaired) electrons. The molecule has 0 bridgehead atoms. The highest BCUT2D eigenvalue weighted by Crippen LogP contribution is 2.44. The molecule has 1 atom stereocenters. The van der Waals surface area contributed by atoms with Crippen molar-refractivity contribution in [2.45, 2.75) is 32.1 Å². The van der Waals surface area contributed by atoms with Crippen LogP contribution in [0.4, 0.5) is 4.39 Å². The van der Waals surface area contributed by atoms with E-state index in [4.69, 9.17) is 0 Å². The number of hydrogen-bond acceptors (Lipinski definition) is 1. The van der Waals surface area contributed by atoms with E-state index in [1.54, 1.807) is 6.92 Å². The summed E-state index contributed by atoms with van der Waals surface area (Å²) in [4.78, 5) is 10.6. The Balaban J connectivity index is 2.24. The van der Waals surface area contributed by atoms with Crippen LogP contribution in [0.3, 0.4) is 0 Å². The van der Waals surface area contributed by atoms with Crippen molar-refractivity contribution in [2.24, 2.45) is 5.92 Å². The van der Waals surface area contributed by atoms with E-state index in [0.717, 1.165) is 11.8 Å². The van der Waals surface area contributed by atoms with Gasteiger partial charge in [-0.25, -0.2) is 4.39 Å². The topological polar surface area (TPSA) is 17.1 Å². The van der Waals surface area contributed by atoms with Crippen molar-refractivity contribution in [1.29, 1.82) is 0 Å². The Kier molecular flexibility index (Phi) is 2.85. The van der Waals surface area contributed by atoms with Crippen LogP contribution in [0.5, 0.6) is 0 Å². The molecular formula is C13H15FO. The van der Waals surface area contributed by atoms with Gasteiger partial charge in [0, 0.05) is 6.42 Å². The van der Waals surface area contributed by atoms with Crippen LogP contribution >= 0.6 is 0 Å². The Morgan fingerprint density at radius 1 is 1.53 bits per heavy atom. The first kappa shape index (κ1) is 10.3. The predicted molar refractivity (Wildman–Crippen MR) is 57.3 cm³/mol. The summed E-state index contributed by atoms with van der Waals surface area (Å²) in [5.74, 6) is 0.779. The SMILES string of the molecule is Cc1cc(C(CC=O)C2CC2)ccc1F. The fourth-order valence-corrected chi connectivity index (χ4v) is 2.10. The monoisotopic (exact) mass is 206 g/mol. The molecule has 0 N–H and O–H groups in total. The lowest BCUT2D eigenvalue weighted by Gasteiger charge is -2.14. The van der Waals surface area contributed by atoms with Crippen LogP contribution in [0, 0.1) is 18.7 Å². The highest BCUT2D eigenvalue weighted by atomic mass is 19.1. The van der Waals surface area contributed by atoms with Crippen molar-refractivity contribution in [3.8, 4) is 0 Å². The molecule has 80 valence electrons. The largest absolute Gasteiger partial charge is 0.303 e. The number of carbonyl (C=O) groups excluding carboxylic acids is 1. The highest BCUT2D eigenvalue weighted by Gasteiger charge is 2.31. The summed E-state index contributed by atoms with van der Waals surface area (Å²) in [7, 11) is 0. The van der Waals surface area contributed by atoms with Gasteiger partial charge in [-0.1, -0.05) is 12.1 Å². The standard InChI is InChI=1S/C13H15FO/c1-9-8-11(4-5-13(9)14)12(6-7-15)10-2-3-10/h4-5,7-8,10,12H,2-3,6H2,1H3. The lowest BCUT2D eigenvalue weighted by molar-refractivity contribution is -0.108. The second-order valence-corrected chi connectivity index (χ2v) is 4.35. The molecule has 0 aliphatic heterocycles. The molecule has 1 fully saturated rings. The van der Waals surface area contributed by atoms with Crippen molar-refractivity contribution in [2.75, 3.05) is 0 Å². The quantitative estimate of drug-likeness (QED) is 0.691. The molecule has 0 heterocycles. The molecule has 0 aromatic heterocycles. The maximum Gasteiger partial charge on any atom is 0.126 e. The molecule has 1 aliphatic rings. The van der Waals surface area contributed by atoms with Gasteiger partial charge in [0.15, 0.2) is 0 Å². The second-order valence-electron chi connectivity index (χ2n) is 4.35. The molecule has 1 nitrogen and oxygen atoms in total. The van der Waals surface area contributed by atoms with Crippen LogP contribution < -0.4 is 0 Å². The Morgan fingerprint density at radius 3 is 2.80 bits per heavy atom. The van der Waals surface area contributed by atoms with Crippen molar-refractivity contribution < 1.29 is 9.18 Å². The van der Waals surface area contributed by atoms with Crippen LogP contribution in [-0.2, 0) is 4.79 Å². The number of benzene rings is 1. The third kappa shape index (κ3) is 2.25. The van der Waals surface area contributed by atoms with E-state index in [1.165, 1.54) is 18.9 Å². The van der Waals surface area contributed by atoms with Crippen LogP contribution in [0.15, 0.2) is 18.2 Å². The van der Waals surface area contributed by atoms with E-state index in [0.29, 0.717) is 23.8 Å². The van der Waals surface area contributed by atoms with Gasteiger partial charge >= 0.3 is 0 Å². The van der Waals surface area contributed by atoms with Gasteiger partial charge in [0.25, 0.3) is 0 Å². The fraction of sp³-hybridized carbons (Fsp3) is 0.462. The van der Waals surface area contributed by atoms with Crippen molar-refractivity contribution in [3.05, 3.63) is 35.1 Å². The first-order valence-electron chi connectivity index (χ1n) is 5.42. The number of hydrogen-bond donors (Lipinski definition) is 0. The molecule has 2 heteroatoms. The maximum atomic E-state index is 13.1. The summed E-state index contributed by atoms with van der Waals surface area (Å²) in [5, 5.41) is 0. The normalized spacial score (nSPS) is 17.5. The van der Waals surface area contributed by atoms with Crippen LogP contribution in [0.1, 0.15) is 36.3 Å². The first-order valence-corrected chi connectivity index (χ1v) is 5.42. The lowest BCUT2D eigenvalue weighted by atomic mass is 9.90. The molecule has 0 saturated heterocycles. The third-order valence-electron chi connectivity index (χ3n) is 3.15. The van der Waals surface area contributed by atoms with E-state index in [-0.39, 0.29) is 5.82 Å². The Hall–Kier alpha value is -1.18. The van der Waals surface area contributed by atoms with E-state index >= 15 is 0 Å². The molecule has 0 amide bonds. The van der Waals surface area contributed by atoms with Gasteiger partial charge in [-0.05, 0) is 48.8 Å². The molecule has 15 heavy (non-hydrogen) atoms. The molecule has 1 aliphatic carbocycles. The molecule has 2 rings (SSSR count). The summed E-state index contributed by atoms with van der Waals surface area (Å²) in [6, 6.07) is 5.20. The van der Waals surface area contributed by atoms with Crippen molar-refractivity contribution >= 4 is 6.29 Å². The fourth-order valence-electron chi connectivity index (χ4n) is 2.10. The summed E-state index contributed by atoms with van der Waals surface area (Å²) in [6.07, 6.45) is 3.95. The van der Waals surface area contributed by atoms with Crippen LogP contribution in [-0.4, -0.2) is 6.29 Å². The van der Waals surface area contributed by atoms with Crippen LogP contribution in [0.2, 0.25) is 0 Å². The molecule has 0 spiro atoms. The Morgan fingerprint density at radius 2 is 2.27 bits per heavy atom. The van der Waals surface area contributed by atoms with E-state index in [9.17, 15) is 9.18 Å². The average molecular weight is 206 g/mol. The van der Waals surface area contributed by atoms with Crippen molar-refractivity contribution in [3.63, 3.8) is 0 Å². The number of halogens is 1. The summed E-state index contributed by atoms with van der Waals surface area (Å²) < 4.78 is 13.1. The third-order valence-corrected chi connectivity index (χ3v) is 3.15. The van der Waals surface area contributed by atoms with Gasteiger partial charge in [-0.3, -0.25) is 0 Å². The first-order chi connectivity index (χ1) is 7.22. The minimum atomic E-state index is -0.167. The van der Waals surface area contributed by atoms with Gasteiger partial charge in [-0.2, -0.15) is 0 Å². The Labute approximate surface area is 89.3 Å². The molecule has 1 unspecified atom stereocenters. The lowest BCUT2D eigenvalue weighted by Crippen LogP contribution is -2.03. The minimum Gasteiger partial charge on any atom is -0.303 e. The highest BCUT2D eigenvalue weighted by molar-refractivity contribution is 5.52. The summed E-state index contributed by atoms with van der Waals surface area (Å²) in [5.41, 5.74) is 1.78. The minimum absolute atomic E-state index is 0.167. The summed E-state index contributed by atoms with van der Waals surface area (Å²) in [6.45, 7) is 1.77. The van der Waals surface area contributed by atoms with Gasteiger partial charge in [-0.15, -0.1) is 0 Å². The van der Waals surface area contributed by atoms with Gasteiger partial charge in [0.05, 0.1) is 0 Å². The van der Waals surface area contributed by atoms with Crippen LogP contribution in [0.25, 0.3) is 0 Å². The maximum absolute atomic E-state index is 13.1. The number of aryl methyl sites for hydroxylation is 1. The van der Waals surface area contributed by atoms with Crippen molar-refractivity contribution in [1.82, 2.24) is 0 Å². The summed E-state index contributed by atoms with van der Waals surface area (Å²) >= 11 is 0. The van der Waals surface area contributed by atoms with E-state index < -0.39 is 0 Å². The van der Waals surface area contributed by atoms with Gasteiger partial charge < -0.3 is 4.79 Å². The van der Waals surface area contributed by atoms with E-state index in [2.05, 4.69) is 0 Å². The number of carbonyl (C=O) groups is 1. The number of aldehydes is 1. The molecule has 1 saturated carbocycles. The molecule has 1 aromatic carbocycles. The zero-order chi connectivity index (χ0) is 10.8. The molecule has 1 aromatic rings. The zero-order valence-electron chi connectivity index (χ0n) is 8.87. The Bertz CT molecular complexity index is 369. The molecular weight excluding hydrogens is 191 g/mol. The second kappa shape index (κ2) is 4.13. The predicted octanol–water partition coefficient (Wildman–Crippen LogP) is 3.22. The van der Waals surface area contributed by atoms with E-state index in [1.807, 2.05) is 12.1 Å². The number of rotatable bonds is 4. The van der Waals surface area contributed by atoms with Gasteiger partial charge in [0.1, 0.15) is 12.1 Å². The zero-order valence-corrected chi connectivity index (χ0v) is 8.87.